The van der Waals surface area contributed by atoms with Crippen molar-refractivity contribution >= 4 is 5.91 Å². The summed E-state index contributed by atoms with van der Waals surface area (Å²) in [7, 11) is 0. The van der Waals surface area contributed by atoms with Crippen LogP contribution in [-0.2, 0) is 4.79 Å². The maximum atomic E-state index is 11.6. The summed E-state index contributed by atoms with van der Waals surface area (Å²) in [6.45, 7) is 4.40. The third kappa shape index (κ3) is 3.73. The third-order valence-electron chi connectivity index (χ3n) is 3.82. The van der Waals surface area contributed by atoms with Gasteiger partial charge >= 0.3 is 0 Å². The lowest BCUT2D eigenvalue weighted by molar-refractivity contribution is -0.127. The topological polar surface area (TPSA) is 58.6 Å². The van der Waals surface area contributed by atoms with E-state index in [-0.39, 0.29) is 25.0 Å². The summed E-state index contributed by atoms with van der Waals surface area (Å²) in [6.07, 6.45) is 2.40. The highest BCUT2D eigenvalue weighted by molar-refractivity contribution is 5.79. The van der Waals surface area contributed by atoms with Crippen LogP contribution < -0.4 is 10.1 Å². The summed E-state index contributed by atoms with van der Waals surface area (Å²) in [5.41, 5.74) is 2.10. The molecule has 1 aliphatic carbocycles. The van der Waals surface area contributed by atoms with Crippen LogP contribution in [0.15, 0.2) is 18.2 Å². The highest BCUT2D eigenvalue weighted by atomic mass is 16.5. The molecule has 4 heteroatoms. The largest absolute Gasteiger partial charge is 0.490 e. The van der Waals surface area contributed by atoms with Gasteiger partial charge in [-0.05, 0) is 37.8 Å². The molecule has 0 radical (unpaired) electrons. The van der Waals surface area contributed by atoms with E-state index >= 15 is 0 Å². The number of aliphatic hydroxyl groups excluding tert-OH is 1. The Morgan fingerprint density at radius 1 is 1.40 bits per heavy atom. The zero-order valence-corrected chi connectivity index (χ0v) is 12.2. The van der Waals surface area contributed by atoms with E-state index in [1.54, 1.807) is 0 Å². The van der Waals surface area contributed by atoms with Crippen LogP contribution >= 0.6 is 0 Å². The summed E-state index contributed by atoms with van der Waals surface area (Å²) < 4.78 is 5.66. The maximum Gasteiger partial charge on any atom is 0.223 e. The normalized spacial score (nSPS) is 16.4. The SMILES string of the molecule is Cc1cccc(C)c1OC[C@@H](O)CNC(=O)C1CCC1. The molecule has 0 heterocycles. The fourth-order valence-electron chi connectivity index (χ4n) is 2.30. The van der Waals surface area contributed by atoms with Crippen molar-refractivity contribution in [2.75, 3.05) is 13.2 Å². The number of hydrogen-bond acceptors (Lipinski definition) is 3. The molecule has 2 rings (SSSR count). The van der Waals surface area contributed by atoms with Gasteiger partial charge in [-0.1, -0.05) is 24.6 Å². The first kappa shape index (κ1) is 14.9. The molecule has 0 aliphatic heterocycles. The maximum absolute atomic E-state index is 11.6. The Morgan fingerprint density at radius 2 is 2.05 bits per heavy atom. The summed E-state index contributed by atoms with van der Waals surface area (Å²) in [4.78, 5) is 11.6. The number of carbonyl (C=O) groups excluding carboxylic acids is 1. The number of rotatable bonds is 6. The molecule has 1 aromatic carbocycles. The van der Waals surface area contributed by atoms with Crippen LogP contribution in [0.1, 0.15) is 30.4 Å². The Kier molecular flexibility index (Phi) is 5.01. The van der Waals surface area contributed by atoms with Gasteiger partial charge < -0.3 is 15.2 Å². The van der Waals surface area contributed by atoms with Crippen molar-refractivity contribution in [3.63, 3.8) is 0 Å². The Hall–Kier alpha value is -1.55. The minimum atomic E-state index is -0.682. The van der Waals surface area contributed by atoms with Gasteiger partial charge in [0.1, 0.15) is 18.5 Å². The Labute approximate surface area is 120 Å². The van der Waals surface area contributed by atoms with E-state index in [2.05, 4.69) is 5.32 Å². The van der Waals surface area contributed by atoms with Crippen LogP contribution in [0.3, 0.4) is 0 Å². The Bertz CT molecular complexity index is 449. The number of aliphatic hydroxyl groups is 1. The van der Waals surface area contributed by atoms with Crippen LogP contribution in [0.25, 0.3) is 0 Å². The predicted octanol–water partition coefficient (Wildman–Crippen LogP) is 1.96. The number of ether oxygens (including phenoxy) is 1. The van der Waals surface area contributed by atoms with E-state index in [0.717, 1.165) is 36.1 Å². The number of benzene rings is 1. The molecule has 1 amide bonds. The van der Waals surface area contributed by atoms with Gasteiger partial charge in [0.25, 0.3) is 0 Å². The molecule has 2 N–H and O–H groups in total. The van der Waals surface area contributed by atoms with Gasteiger partial charge in [0, 0.05) is 12.5 Å². The molecule has 1 atom stereocenters. The van der Waals surface area contributed by atoms with E-state index < -0.39 is 6.10 Å². The molecule has 4 nitrogen and oxygen atoms in total. The number of hydrogen-bond donors (Lipinski definition) is 2. The fraction of sp³-hybridized carbons (Fsp3) is 0.562. The first-order valence-corrected chi connectivity index (χ1v) is 7.22. The molecule has 1 aliphatic rings. The molecule has 0 saturated heterocycles. The Morgan fingerprint density at radius 3 is 2.60 bits per heavy atom. The van der Waals surface area contributed by atoms with Crippen molar-refractivity contribution < 1.29 is 14.6 Å². The van der Waals surface area contributed by atoms with Crippen molar-refractivity contribution in [1.82, 2.24) is 5.32 Å². The molecular weight excluding hydrogens is 254 g/mol. The van der Waals surface area contributed by atoms with Crippen molar-refractivity contribution in [2.24, 2.45) is 5.92 Å². The van der Waals surface area contributed by atoms with Crippen LogP contribution in [0.4, 0.5) is 0 Å². The molecule has 1 saturated carbocycles. The summed E-state index contributed by atoms with van der Waals surface area (Å²) in [5.74, 6) is 1.03. The smallest absolute Gasteiger partial charge is 0.223 e. The minimum absolute atomic E-state index is 0.0578. The zero-order chi connectivity index (χ0) is 14.5. The van der Waals surface area contributed by atoms with Gasteiger partial charge in [0.2, 0.25) is 5.91 Å². The van der Waals surface area contributed by atoms with Crippen LogP contribution in [0.2, 0.25) is 0 Å². The molecule has 0 aromatic heterocycles. The highest BCUT2D eigenvalue weighted by Gasteiger charge is 2.25. The van der Waals surface area contributed by atoms with E-state index in [9.17, 15) is 9.90 Å². The van der Waals surface area contributed by atoms with Crippen LogP contribution in [0.5, 0.6) is 5.75 Å². The summed E-state index contributed by atoms with van der Waals surface area (Å²) in [6, 6.07) is 5.94. The van der Waals surface area contributed by atoms with Crippen molar-refractivity contribution in [2.45, 2.75) is 39.2 Å². The molecule has 0 unspecified atom stereocenters. The number of para-hydroxylation sites is 1. The summed E-state index contributed by atoms with van der Waals surface area (Å²) >= 11 is 0. The fourth-order valence-corrected chi connectivity index (χ4v) is 2.30. The van der Waals surface area contributed by atoms with Gasteiger partial charge in [-0.3, -0.25) is 4.79 Å². The van der Waals surface area contributed by atoms with E-state index in [1.165, 1.54) is 0 Å². The van der Waals surface area contributed by atoms with Gasteiger partial charge in [-0.2, -0.15) is 0 Å². The first-order chi connectivity index (χ1) is 9.58. The van der Waals surface area contributed by atoms with E-state index in [0.29, 0.717) is 0 Å². The lowest BCUT2D eigenvalue weighted by Gasteiger charge is -2.24. The van der Waals surface area contributed by atoms with E-state index in [1.807, 2.05) is 32.0 Å². The second-order valence-corrected chi connectivity index (χ2v) is 5.56. The molecular formula is C16H23NO3. The molecule has 1 fully saturated rings. The lowest BCUT2D eigenvalue weighted by atomic mass is 9.85. The monoisotopic (exact) mass is 277 g/mol. The molecule has 110 valence electrons. The first-order valence-electron chi connectivity index (χ1n) is 7.22. The molecule has 0 spiro atoms. The molecule has 0 bridgehead atoms. The average Bonchev–Trinajstić information content (AvgIpc) is 2.33. The van der Waals surface area contributed by atoms with E-state index in [4.69, 9.17) is 4.74 Å². The number of amides is 1. The summed E-state index contributed by atoms with van der Waals surface area (Å²) in [5, 5.41) is 12.7. The second kappa shape index (κ2) is 6.75. The zero-order valence-electron chi connectivity index (χ0n) is 12.2. The number of nitrogens with one attached hydrogen (secondary N) is 1. The second-order valence-electron chi connectivity index (χ2n) is 5.56. The highest BCUT2D eigenvalue weighted by Crippen LogP contribution is 2.26. The Balaban J connectivity index is 1.74. The van der Waals surface area contributed by atoms with Crippen LogP contribution in [-0.4, -0.2) is 30.3 Å². The van der Waals surface area contributed by atoms with Crippen molar-refractivity contribution in [1.29, 1.82) is 0 Å². The number of aryl methyl sites for hydroxylation is 2. The predicted molar refractivity (Wildman–Crippen MR) is 77.8 cm³/mol. The lowest BCUT2D eigenvalue weighted by Crippen LogP contribution is -2.40. The quantitative estimate of drug-likeness (QED) is 0.835. The van der Waals surface area contributed by atoms with Crippen molar-refractivity contribution in [3.8, 4) is 5.75 Å². The van der Waals surface area contributed by atoms with Gasteiger partial charge in [0.05, 0.1) is 0 Å². The van der Waals surface area contributed by atoms with Gasteiger partial charge in [-0.15, -0.1) is 0 Å². The standard InChI is InChI=1S/C16H23NO3/c1-11-5-3-6-12(2)15(11)20-10-14(18)9-17-16(19)13-7-4-8-13/h3,5-6,13-14,18H,4,7-10H2,1-2H3,(H,17,19)/t14-/m0/s1. The minimum Gasteiger partial charge on any atom is -0.490 e. The molecule has 1 aromatic rings. The average molecular weight is 277 g/mol. The van der Waals surface area contributed by atoms with Gasteiger partial charge in [-0.25, -0.2) is 0 Å². The third-order valence-corrected chi connectivity index (χ3v) is 3.82. The number of carbonyl (C=O) groups is 1. The van der Waals surface area contributed by atoms with Crippen LogP contribution in [0, 0.1) is 19.8 Å². The van der Waals surface area contributed by atoms with Gasteiger partial charge in [0.15, 0.2) is 0 Å². The van der Waals surface area contributed by atoms with Crippen molar-refractivity contribution in [3.05, 3.63) is 29.3 Å². The molecule has 20 heavy (non-hydrogen) atoms.